The number of rotatable bonds is 5. The first-order chi connectivity index (χ1) is 10.0. The van der Waals surface area contributed by atoms with Gasteiger partial charge in [0, 0.05) is 4.47 Å². The van der Waals surface area contributed by atoms with E-state index < -0.39 is 0 Å². The van der Waals surface area contributed by atoms with Crippen molar-refractivity contribution < 1.29 is 9.47 Å². The molecule has 0 unspecified atom stereocenters. The van der Waals surface area contributed by atoms with Gasteiger partial charge in [-0.1, -0.05) is 29.8 Å². The molecule has 0 amide bonds. The minimum atomic E-state index is 0.110. The Morgan fingerprint density at radius 3 is 2.52 bits per heavy atom. The summed E-state index contributed by atoms with van der Waals surface area (Å²) in [7, 11) is 1.46. The van der Waals surface area contributed by atoms with Crippen LogP contribution < -0.4 is 20.7 Å². The fraction of sp³-hybridized carbons (Fsp3) is 0.308. The van der Waals surface area contributed by atoms with Crippen LogP contribution in [0.2, 0.25) is 0 Å². The molecule has 2 aromatic rings. The van der Waals surface area contributed by atoms with Crippen molar-refractivity contribution in [3.63, 3.8) is 0 Å². The van der Waals surface area contributed by atoms with Crippen LogP contribution in [0.15, 0.2) is 22.7 Å². The molecule has 0 bridgehead atoms. The lowest BCUT2D eigenvalue weighted by Gasteiger charge is -2.13. The summed E-state index contributed by atoms with van der Waals surface area (Å²) >= 11 is 3.45. The van der Waals surface area contributed by atoms with Crippen molar-refractivity contribution in [2.75, 3.05) is 12.5 Å². The standard InChI is InChI=1S/C13H16BrN5O2/c1-7(2)9-6-8(14)4-5-10(9)21-13-17-11(19-15)16-12(18-13)20-3/h4-7H,15H2,1-3H3,(H,16,17,18,19). The Hall–Kier alpha value is -1.93. The number of nitrogens with zero attached hydrogens (tertiary/aromatic N) is 3. The van der Waals surface area contributed by atoms with Crippen molar-refractivity contribution in [1.29, 1.82) is 0 Å². The number of hydrogen-bond acceptors (Lipinski definition) is 7. The number of nitrogen functional groups attached to an aromatic ring is 1. The zero-order valence-corrected chi connectivity index (χ0v) is 13.5. The fourth-order valence-corrected chi connectivity index (χ4v) is 2.08. The molecule has 0 aliphatic carbocycles. The average Bonchev–Trinajstić information content (AvgIpc) is 2.48. The monoisotopic (exact) mass is 353 g/mol. The number of halogens is 1. The Morgan fingerprint density at radius 1 is 1.19 bits per heavy atom. The van der Waals surface area contributed by atoms with E-state index in [9.17, 15) is 0 Å². The molecule has 112 valence electrons. The second-order valence-electron chi connectivity index (χ2n) is 4.51. The highest BCUT2D eigenvalue weighted by molar-refractivity contribution is 9.10. The third kappa shape index (κ3) is 3.79. The summed E-state index contributed by atoms with van der Waals surface area (Å²) in [5.74, 6) is 6.44. The maximum Gasteiger partial charge on any atom is 0.330 e. The van der Waals surface area contributed by atoms with Gasteiger partial charge in [-0.3, -0.25) is 5.43 Å². The van der Waals surface area contributed by atoms with Gasteiger partial charge in [0.25, 0.3) is 0 Å². The maximum atomic E-state index is 5.75. The molecule has 1 aromatic heterocycles. The smallest absolute Gasteiger partial charge is 0.330 e. The normalized spacial score (nSPS) is 10.6. The van der Waals surface area contributed by atoms with Gasteiger partial charge in [-0.15, -0.1) is 4.98 Å². The number of methoxy groups -OCH3 is 1. The molecule has 0 atom stereocenters. The number of benzene rings is 1. The predicted molar refractivity (Wildman–Crippen MR) is 82.5 cm³/mol. The van der Waals surface area contributed by atoms with Crippen LogP contribution in [0.5, 0.6) is 17.8 Å². The zero-order valence-electron chi connectivity index (χ0n) is 11.9. The molecule has 0 saturated heterocycles. The van der Waals surface area contributed by atoms with Crippen LogP contribution in [-0.2, 0) is 0 Å². The fourth-order valence-electron chi connectivity index (χ4n) is 1.70. The zero-order chi connectivity index (χ0) is 15.4. The van der Waals surface area contributed by atoms with Crippen LogP contribution >= 0.6 is 15.9 Å². The van der Waals surface area contributed by atoms with Crippen molar-refractivity contribution in [2.24, 2.45) is 5.84 Å². The van der Waals surface area contributed by atoms with Crippen LogP contribution in [0.3, 0.4) is 0 Å². The first-order valence-electron chi connectivity index (χ1n) is 6.27. The Kier molecular flexibility index (Phi) is 4.92. The summed E-state index contributed by atoms with van der Waals surface area (Å²) in [6.45, 7) is 4.16. The second kappa shape index (κ2) is 6.68. The minimum absolute atomic E-state index is 0.110. The van der Waals surface area contributed by atoms with E-state index in [1.807, 2.05) is 18.2 Å². The van der Waals surface area contributed by atoms with Gasteiger partial charge < -0.3 is 9.47 Å². The van der Waals surface area contributed by atoms with E-state index in [0.717, 1.165) is 10.0 Å². The largest absolute Gasteiger partial charge is 0.467 e. The first-order valence-corrected chi connectivity index (χ1v) is 7.06. The summed E-state index contributed by atoms with van der Waals surface area (Å²) in [5.41, 5.74) is 3.38. The second-order valence-corrected chi connectivity index (χ2v) is 5.43. The van der Waals surface area contributed by atoms with Crippen molar-refractivity contribution in [3.8, 4) is 17.8 Å². The molecule has 1 heterocycles. The Labute approximate surface area is 131 Å². The molecule has 0 spiro atoms. The first kappa shape index (κ1) is 15.5. The molecule has 0 fully saturated rings. The van der Waals surface area contributed by atoms with E-state index in [1.165, 1.54) is 7.11 Å². The number of nitrogens with one attached hydrogen (secondary N) is 1. The van der Waals surface area contributed by atoms with Gasteiger partial charge in [-0.05, 0) is 29.7 Å². The van der Waals surface area contributed by atoms with Gasteiger partial charge in [0.2, 0.25) is 5.95 Å². The third-order valence-electron chi connectivity index (χ3n) is 2.70. The molecule has 8 heteroatoms. The Morgan fingerprint density at radius 2 is 1.90 bits per heavy atom. The van der Waals surface area contributed by atoms with Crippen molar-refractivity contribution in [1.82, 2.24) is 15.0 Å². The van der Waals surface area contributed by atoms with Crippen LogP contribution in [-0.4, -0.2) is 22.1 Å². The van der Waals surface area contributed by atoms with E-state index in [-0.39, 0.29) is 23.9 Å². The predicted octanol–water partition coefficient (Wildman–Crippen LogP) is 2.84. The molecule has 0 aliphatic heterocycles. The lowest BCUT2D eigenvalue weighted by atomic mass is 10.0. The molecule has 21 heavy (non-hydrogen) atoms. The molecular weight excluding hydrogens is 338 g/mol. The van der Waals surface area contributed by atoms with E-state index >= 15 is 0 Å². The van der Waals surface area contributed by atoms with Crippen LogP contribution in [0.25, 0.3) is 0 Å². The molecule has 0 radical (unpaired) electrons. The van der Waals surface area contributed by atoms with Crippen molar-refractivity contribution in [3.05, 3.63) is 28.2 Å². The molecule has 3 N–H and O–H groups in total. The summed E-state index contributed by atoms with van der Waals surface area (Å²) < 4.78 is 11.7. The van der Waals surface area contributed by atoms with E-state index in [0.29, 0.717) is 5.75 Å². The number of aromatic nitrogens is 3. The lowest BCUT2D eigenvalue weighted by Crippen LogP contribution is -2.12. The van der Waals surface area contributed by atoms with Crippen molar-refractivity contribution in [2.45, 2.75) is 19.8 Å². The van der Waals surface area contributed by atoms with Gasteiger partial charge in [-0.2, -0.15) is 9.97 Å². The highest BCUT2D eigenvalue weighted by Crippen LogP contribution is 2.32. The molecule has 0 aliphatic rings. The minimum Gasteiger partial charge on any atom is -0.467 e. The highest BCUT2D eigenvalue weighted by atomic mass is 79.9. The number of anilines is 1. The van der Waals surface area contributed by atoms with E-state index in [1.54, 1.807) is 0 Å². The van der Waals surface area contributed by atoms with Crippen LogP contribution in [0, 0.1) is 0 Å². The SMILES string of the molecule is COc1nc(NN)nc(Oc2ccc(Br)cc2C(C)C)n1. The topological polar surface area (TPSA) is 95.2 Å². The summed E-state index contributed by atoms with van der Waals surface area (Å²) in [4.78, 5) is 12.0. The molecule has 1 aromatic carbocycles. The van der Waals surface area contributed by atoms with Crippen LogP contribution in [0.4, 0.5) is 5.95 Å². The number of nitrogens with two attached hydrogens (primary N) is 1. The summed E-state index contributed by atoms with van der Waals surface area (Å²) in [6, 6.07) is 5.98. The number of hydrogen-bond donors (Lipinski definition) is 2. The highest BCUT2D eigenvalue weighted by Gasteiger charge is 2.13. The molecule has 7 nitrogen and oxygen atoms in total. The average molecular weight is 354 g/mol. The van der Waals surface area contributed by atoms with Gasteiger partial charge in [0.1, 0.15) is 5.75 Å². The maximum absolute atomic E-state index is 5.75. The number of ether oxygens (including phenoxy) is 2. The lowest BCUT2D eigenvalue weighted by molar-refractivity contribution is 0.359. The quantitative estimate of drug-likeness (QED) is 0.630. The van der Waals surface area contributed by atoms with Crippen LogP contribution in [0.1, 0.15) is 25.3 Å². The third-order valence-corrected chi connectivity index (χ3v) is 3.19. The Bertz CT molecular complexity index is 614. The van der Waals surface area contributed by atoms with E-state index in [2.05, 4.69) is 50.2 Å². The van der Waals surface area contributed by atoms with Gasteiger partial charge in [-0.25, -0.2) is 5.84 Å². The summed E-state index contributed by atoms with van der Waals surface area (Å²) in [6.07, 6.45) is 0. The van der Waals surface area contributed by atoms with Crippen molar-refractivity contribution >= 4 is 21.9 Å². The van der Waals surface area contributed by atoms with Gasteiger partial charge >= 0.3 is 12.0 Å². The molecular formula is C13H16BrN5O2. The van der Waals surface area contributed by atoms with Gasteiger partial charge in [0.15, 0.2) is 0 Å². The van der Waals surface area contributed by atoms with E-state index in [4.69, 9.17) is 15.3 Å². The Balaban J connectivity index is 2.38. The summed E-state index contributed by atoms with van der Waals surface area (Å²) in [5, 5.41) is 0. The van der Waals surface area contributed by atoms with Gasteiger partial charge in [0.05, 0.1) is 7.11 Å². The molecule has 0 saturated carbocycles. The molecule has 2 rings (SSSR count). The number of hydrazine groups is 1.